The van der Waals surface area contributed by atoms with Crippen LogP contribution in [0.2, 0.25) is 0 Å². The number of rotatable bonds is 43. The summed E-state index contributed by atoms with van der Waals surface area (Å²) in [5.41, 5.74) is 0. The summed E-state index contributed by atoms with van der Waals surface area (Å²) in [7, 11) is 0. The first kappa shape index (κ1) is 51.4. The van der Waals surface area contributed by atoms with Gasteiger partial charge in [-0.15, -0.1) is 0 Å². The van der Waals surface area contributed by atoms with Crippen molar-refractivity contribution < 1.29 is 28.6 Å². The second kappa shape index (κ2) is 43.1. The summed E-state index contributed by atoms with van der Waals surface area (Å²) >= 11 is 0. The maximum atomic E-state index is 12.6. The van der Waals surface area contributed by atoms with Gasteiger partial charge in [-0.3, -0.25) is 14.4 Å². The van der Waals surface area contributed by atoms with E-state index in [0.717, 1.165) is 57.8 Å². The summed E-state index contributed by atoms with van der Waals surface area (Å²) in [6.07, 6.45) is 44.0. The average Bonchev–Trinajstić information content (AvgIpc) is 3.15. The minimum absolute atomic E-state index is 0.0637. The van der Waals surface area contributed by atoms with Crippen LogP contribution in [0, 0.1) is 0 Å². The summed E-state index contributed by atoms with van der Waals surface area (Å²) < 4.78 is 16.6. The van der Waals surface area contributed by atoms with Crippen LogP contribution in [0.1, 0.15) is 265 Å². The molecule has 1 atom stereocenters. The lowest BCUT2D eigenvalue weighted by molar-refractivity contribution is -0.167. The first-order chi connectivity index (χ1) is 26.0. The van der Waals surface area contributed by atoms with Crippen LogP contribution in [0.15, 0.2) is 0 Å². The molecule has 0 fully saturated rings. The highest BCUT2D eigenvalue weighted by Crippen LogP contribution is 2.16. The van der Waals surface area contributed by atoms with Gasteiger partial charge in [0, 0.05) is 19.3 Å². The molecule has 0 saturated heterocycles. The van der Waals surface area contributed by atoms with Gasteiger partial charge in [-0.25, -0.2) is 0 Å². The van der Waals surface area contributed by atoms with Crippen molar-refractivity contribution in [3.63, 3.8) is 0 Å². The average molecular weight is 751 g/mol. The van der Waals surface area contributed by atoms with Crippen LogP contribution in [0.5, 0.6) is 0 Å². The minimum atomic E-state index is -0.756. The molecule has 0 aliphatic heterocycles. The van der Waals surface area contributed by atoms with Crippen molar-refractivity contribution in [2.45, 2.75) is 271 Å². The summed E-state index contributed by atoms with van der Waals surface area (Å²) in [4.78, 5) is 37.5. The van der Waals surface area contributed by atoms with Crippen LogP contribution in [0.25, 0.3) is 0 Å². The van der Waals surface area contributed by atoms with E-state index < -0.39 is 6.10 Å². The molecule has 0 spiro atoms. The number of unbranched alkanes of at least 4 members (excludes halogenated alkanes) is 32. The molecule has 0 aromatic rings. The molecule has 0 aromatic heterocycles. The van der Waals surface area contributed by atoms with E-state index >= 15 is 0 Å². The number of carbonyl (C=O) groups is 3. The normalized spacial score (nSPS) is 11.8. The third-order valence-electron chi connectivity index (χ3n) is 10.6. The number of esters is 3. The Bertz CT molecular complexity index is 783. The van der Waals surface area contributed by atoms with Crippen LogP contribution < -0.4 is 0 Å². The molecule has 0 rings (SSSR count). The molecule has 0 aliphatic rings. The van der Waals surface area contributed by atoms with E-state index in [1.54, 1.807) is 0 Å². The van der Waals surface area contributed by atoms with Gasteiger partial charge in [0.05, 0.1) is 0 Å². The Labute approximate surface area is 329 Å². The lowest BCUT2D eigenvalue weighted by Gasteiger charge is -2.18. The molecule has 0 radical (unpaired) electrons. The van der Waals surface area contributed by atoms with Crippen LogP contribution in [-0.4, -0.2) is 37.2 Å². The highest BCUT2D eigenvalue weighted by molar-refractivity contribution is 5.71. The van der Waals surface area contributed by atoms with E-state index in [1.807, 2.05) is 0 Å². The molecule has 0 amide bonds. The smallest absolute Gasteiger partial charge is 0.306 e. The predicted octanol–water partition coefficient (Wildman–Crippen LogP) is 14.9. The van der Waals surface area contributed by atoms with Gasteiger partial charge in [0.2, 0.25) is 0 Å². The fourth-order valence-corrected chi connectivity index (χ4v) is 7.03. The number of carbonyl (C=O) groups excluding carboxylic acids is 3. The topological polar surface area (TPSA) is 78.9 Å². The number of hydrogen-bond donors (Lipinski definition) is 0. The molecule has 0 N–H and O–H groups in total. The molecular formula is C47H90O6. The van der Waals surface area contributed by atoms with Crippen molar-refractivity contribution in [1.29, 1.82) is 0 Å². The highest BCUT2D eigenvalue weighted by Gasteiger charge is 2.19. The van der Waals surface area contributed by atoms with Crippen molar-refractivity contribution >= 4 is 17.9 Å². The first-order valence-corrected chi connectivity index (χ1v) is 23.5. The third kappa shape index (κ3) is 41.4. The Balaban J connectivity index is 4.07. The van der Waals surface area contributed by atoms with E-state index in [2.05, 4.69) is 20.8 Å². The molecule has 0 heterocycles. The lowest BCUT2D eigenvalue weighted by atomic mass is 10.0. The van der Waals surface area contributed by atoms with Gasteiger partial charge in [0.1, 0.15) is 13.2 Å². The maximum absolute atomic E-state index is 12.6. The molecular weight excluding hydrogens is 661 g/mol. The van der Waals surface area contributed by atoms with Gasteiger partial charge in [0.15, 0.2) is 6.10 Å². The Morgan fingerprint density at radius 1 is 0.302 bits per heavy atom. The summed E-state index contributed by atoms with van der Waals surface area (Å²) in [5.74, 6) is -0.864. The molecule has 0 saturated carbocycles. The summed E-state index contributed by atoms with van der Waals surface area (Å²) in [5, 5.41) is 0. The zero-order chi connectivity index (χ0) is 38.7. The van der Waals surface area contributed by atoms with E-state index in [4.69, 9.17) is 14.2 Å². The minimum Gasteiger partial charge on any atom is -0.462 e. The second-order valence-electron chi connectivity index (χ2n) is 16.0. The van der Waals surface area contributed by atoms with Gasteiger partial charge in [-0.05, 0) is 19.3 Å². The zero-order valence-corrected chi connectivity index (χ0v) is 35.8. The Hall–Kier alpha value is -1.59. The highest BCUT2D eigenvalue weighted by atomic mass is 16.6. The van der Waals surface area contributed by atoms with Gasteiger partial charge < -0.3 is 14.2 Å². The second-order valence-corrected chi connectivity index (χ2v) is 16.0. The summed E-state index contributed by atoms with van der Waals surface area (Å²) in [6, 6.07) is 0. The predicted molar refractivity (Wildman–Crippen MR) is 224 cm³/mol. The van der Waals surface area contributed by atoms with Crippen LogP contribution in [-0.2, 0) is 28.6 Å². The Kier molecular flexibility index (Phi) is 41.8. The van der Waals surface area contributed by atoms with Crippen LogP contribution in [0.4, 0.5) is 0 Å². The molecule has 0 aromatic carbocycles. The monoisotopic (exact) mass is 751 g/mol. The molecule has 53 heavy (non-hydrogen) atoms. The van der Waals surface area contributed by atoms with Gasteiger partial charge >= 0.3 is 17.9 Å². The van der Waals surface area contributed by atoms with Crippen molar-refractivity contribution in [3.8, 4) is 0 Å². The standard InChI is InChI=1S/C47H90O6/c1-4-7-10-13-16-18-19-20-21-22-23-24-25-26-27-28-30-31-34-37-40-46(49)52-43-44(42-51-45(48)39-36-33-15-12-9-6-3)53-47(50)41-38-35-32-29-17-14-11-8-5-2/h44H,4-43H2,1-3H3. The van der Waals surface area contributed by atoms with Crippen molar-refractivity contribution in [2.24, 2.45) is 0 Å². The Morgan fingerprint density at radius 3 is 0.755 bits per heavy atom. The fraction of sp³-hybridized carbons (Fsp3) is 0.936. The first-order valence-electron chi connectivity index (χ1n) is 23.5. The maximum Gasteiger partial charge on any atom is 0.306 e. The van der Waals surface area contributed by atoms with Gasteiger partial charge in [0.25, 0.3) is 0 Å². The van der Waals surface area contributed by atoms with Gasteiger partial charge in [-0.1, -0.05) is 226 Å². The fourth-order valence-electron chi connectivity index (χ4n) is 7.03. The molecule has 6 nitrogen and oxygen atoms in total. The van der Waals surface area contributed by atoms with Gasteiger partial charge in [-0.2, -0.15) is 0 Å². The van der Waals surface area contributed by atoms with Crippen LogP contribution >= 0.6 is 0 Å². The molecule has 0 aliphatic carbocycles. The van der Waals surface area contributed by atoms with E-state index in [9.17, 15) is 14.4 Å². The van der Waals surface area contributed by atoms with E-state index in [1.165, 1.54) is 167 Å². The summed E-state index contributed by atoms with van der Waals surface area (Å²) in [6.45, 7) is 6.58. The third-order valence-corrected chi connectivity index (χ3v) is 10.6. The molecule has 1 unspecified atom stereocenters. The van der Waals surface area contributed by atoms with Crippen molar-refractivity contribution in [1.82, 2.24) is 0 Å². The van der Waals surface area contributed by atoms with E-state index in [0.29, 0.717) is 19.3 Å². The Morgan fingerprint density at radius 2 is 0.509 bits per heavy atom. The molecule has 6 heteroatoms. The number of hydrogen-bond acceptors (Lipinski definition) is 6. The molecule has 314 valence electrons. The van der Waals surface area contributed by atoms with E-state index in [-0.39, 0.29) is 31.1 Å². The largest absolute Gasteiger partial charge is 0.462 e. The number of ether oxygens (including phenoxy) is 3. The molecule has 0 bridgehead atoms. The van der Waals surface area contributed by atoms with Crippen molar-refractivity contribution in [2.75, 3.05) is 13.2 Å². The SMILES string of the molecule is CCCCCCCCCCCCCCCCCCCCCCC(=O)OCC(COC(=O)CCCCCCCC)OC(=O)CCCCCCCCCCC. The lowest BCUT2D eigenvalue weighted by Crippen LogP contribution is -2.30. The quantitative estimate of drug-likeness (QED) is 0.0351. The van der Waals surface area contributed by atoms with Crippen molar-refractivity contribution in [3.05, 3.63) is 0 Å². The van der Waals surface area contributed by atoms with Crippen LogP contribution in [0.3, 0.4) is 0 Å². The zero-order valence-electron chi connectivity index (χ0n) is 35.8.